The molecule has 1 aromatic rings. The van der Waals surface area contributed by atoms with Crippen LogP contribution in [0, 0.1) is 11.8 Å². The smallest absolute Gasteiger partial charge is 0.331 e. The van der Waals surface area contributed by atoms with Gasteiger partial charge in [-0.3, -0.25) is 4.79 Å². The SMILES string of the molecule is CC(=O)O[C@H]1[C@@H](O)[C@H](O[C@H]2[C@@H]3C=CO[C@@H](O[C@H]4O[C@@H](CO)[C@H](O)[C@@H](O)[C@@H]4O)[C@@H]3[C@@]3(CO)O[C@@H]23)O[C@@H](C)[C@@H]1OC(=O)/C=C\c1ccccc1. The highest BCUT2D eigenvalue weighted by molar-refractivity contribution is 5.87. The fourth-order valence-corrected chi connectivity index (χ4v) is 6.96. The molecule has 16 nitrogen and oxygen atoms in total. The molecule has 48 heavy (non-hydrogen) atoms. The summed E-state index contributed by atoms with van der Waals surface area (Å²) >= 11 is 0. The lowest BCUT2D eigenvalue weighted by Gasteiger charge is -2.44. The first-order valence-corrected chi connectivity index (χ1v) is 15.7. The Labute approximate surface area is 275 Å². The maximum atomic E-state index is 12.7. The Morgan fingerprint density at radius 3 is 2.29 bits per heavy atom. The minimum absolute atomic E-state index is 0.487. The molecule has 0 aromatic heterocycles. The summed E-state index contributed by atoms with van der Waals surface area (Å²) in [5.41, 5.74) is -0.478. The minimum atomic E-state index is -1.70. The summed E-state index contributed by atoms with van der Waals surface area (Å²) in [6.45, 7) is 1.57. The van der Waals surface area contributed by atoms with E-state index in [1.165, 1.54) is 12.3 Å². The molecule has 5 aliphatic rings. The number of aliphatic hydroxyl groups excluding tert-OH is 6. The molecule has 264 valence electrons. The van der Waals surface area contributed by atoms with Gasteiger partial charge in [0.25, 0.3) is 0 Å². The van der Waals surface area contributed by atoms with Gasteiger partial charge in [-0.2, -0.15) is 0 Å². The number of fused-ring (bicyclic) bond motifs is 3. The zero-order valence-corrected chi connectivity index (χ0v) is 26.0. The molecular weight excluding hydrogens is 640 g/mol. The number of esters is 2. The van der Waals surface area contributed by atoms with Crippen LogP contribution in [-0.2, 0) is 47.5 Å². The van der Waals surface area contributed by atoms with Crippen LogP contribution < -0.4 is 0 Å². The number of epoxide rings is 1. The Kier molecular flexibility index (Phi) is 10.2. The lowest BCUT2D eigenvalue weighted by Crippen LogP contribution is -2.61. The lowest BCUT2D eigenvalue weighted by atomic mass is 9.85. The van der Waals surface area contributed by atoms with E-state index in [0.717, 1.165) is 12.5 Å². The summed E-state index contributed by atoms with van der Waals surface area (Å²) in [5, 5.41) is 62.2. The molecule has 16 atom stereocenters. The van der Waals surface area contributed by atoms with Crippen molar-refractivity contribution in [1.82, 2.24) is 0 Å². The number of hydrogen-bond acceptors (Lipinski definition) is 16. The van der Waals surface area contributed by atoms with E-state index < -0.39 is 122 Å². The van der Waals surface area contributed by atoms with E-state index in [0.29, 0.717) is 0 Å². The van der Waals surface area contributed by atoms with E-state index in [1.807, 2.05) is 18.2 Å². The number of hydrogen-bond donors (Lipinski definition) is 6. The standard InChI is InChI=1S/C32H40O16/c1-14-25(45-19(36)9-8-16-6-4-3-5-7-16)27(43-15(2)35)24(40)31(42-14)46-26-17-10-11-41-29(20(17)32(13-34)28(26)48-32)47-30-23(39)22(38)21(37)18(12-33)44-30/h3-11,14,17-18,20-31,33-34,37-40H,12-13H2,1-2H3/b9-8-/t14-,17+,18-,20+,21-,22+,23-,24+,25-,26-,27-,28-,29-,30+,31-,32+/m0/s1. The summed E-state index contributed by atoms with van der Waals surface area (Å²) in [6, 6.07) is 9.04. The molecule has 6 rings (SSSR count). The molecule has 1 aliphatic carbocycles. The van der Waals surface area contributed by atoms with Crippen molar-refractivity contribution >= 4 is 18.0 Å². The molecule has 16 heteroatoms. The Bertz CT molecular complexity index is 1350. The zero-order chi connectivity index (χ0) is 34.3. The van der Waals surface area contributed by atoms with Gasteiger partial charge in [-0.15, -0.1) is 0 Å². The topological polar surface area (TPSA) is 233 Å². The van der Waals surface area contributed by atoms with Crippen LogP contribution >= 0.6 is 0 Å². The number of rotatable bonds is 10. The van der Waals surface area contributed by atoms with Crippen LogP contribution in [0.3, 0.4) is 0 Å². The van der Waals surface area contributed by atoms with Crippen molar-refractivity contribution in [3.63, 3.8) is 0 Å². The van der Waals surface area contributed by atoms with Crippen molar-refractivity contribution in [2.24, 2.45) is 11.8 Å². The van der Waals surface area contributed by atoms with Gasteiger partial charge in [-0.1, -0.05) is 30.3 Å². The third-order valence-corrected chi connectivity index (χ3v) is 9.41. The molecule has 3 saturated heterocycles. The fourth-order valence-electron chi connectivity index (χ4n) is 6.96. The second-order valence-electron chi connectivity index (χ2n) is 12.4. The summed E-state index contributed by atoms with van der Waals surface area (Å²) < 4.78 is 46.2. The summed E-state index contributed by atoms with van der Waals surface area (Å²) in [7, 11) is 0. The summed E-state index contributed by atoms with van der Waals surface area (Å²) in [6.07, 6.45) is -11.3. The molecule has 4 aliphatic heterocycles. The quantitative estimate of drug-likeness (QED) is 0.0900. The van der Waals surface area contributed by atoms with E-state index in [9.17, 15) is 40.2 Å². The largest absolute Gasteiger partial charge is 0.472 e. The highest BCUT2D eigenvalue weighted by Gasteiger charge is 2.77. The van der Waals surface area contributed by atoms with E-state index in [2.05, 4.69) is 0 Å². The third kappa shape index (κ3) is 6.50. The number of aliphatic hydroxyl groups is 6. The van der Waals surface area contributed by atoms with Crippen LogP contribution in [0.15, 0.2) is 48.7 Å². The van der Waals surface area contributed by atoms with Gasteiger partial charge >= 0.3 is 11.9 Å². The molecule has 0 spiro atoms. The molecule has 0 amide bonds. The third-order valence-electron chi connectivity index (χ3n) is 9.41. The van der Waals surface area contributed by atoms with E-state index in [1.54, 1.807) is 31.2 Å². The molecular formula is C32H40O16. The van der Waals surface area contributed by atoms with Gasteiger partial charge in [0.1, 0.15) is 42.2 Å². The highest BCUT2D eigenvalue weighted by Crippen LogP contribution is 2.61. The van der Waals surface area contributed by atoms with E-state index in [4.69, 9.17) is 37.9 Å². The number of carbonyl (C=O) groups is 2. The van der Waals surface area contributed by atoms with Crippen LogP contribution in [0.1, 0.15) is 19.4 Å². The van der Waals surface area contributed by atoms with Gasteiger partial charge in [0, 0.05) is 18.9 Å². The van der Waals surface area contributed by atoms with Crippen molar-refractivity contribution < 1.29 is 78.1 Å². The number of carbonyl (C=O) groups excluding carboxylic acids is 2. The first-order chi connectivity index (χ1) is 23.0. The Morgan fingerprint density at radius 1 is 0.875 bits per heavy atom. The van der Waals surface area contributed by atoms with Gasteiger partial charge in [0.05, 0.1) is 37.6 Å². The Morgan fingerprint density at radius 2 is 1.60 bits per heavy atom. The Hall–Kier alpha value is -3.00. The van der Waals surface area contributed by atoms with Gasteiger partial charge in [0.15, 0.2) is 24.8 Å². The lowest BCUT2D eigenvalue weighted by molar-refractivity contribution is -0.347. The average Bonchev–Trinajstić information content (AvgIpc) is 3.75. The van der Waals surface area contributed by atoms with Crippen molar-refractivity contribution in [2.45, 2.75) is 99.4 Å². The van der Waals surface area contributed by atoms with Crippen LogP contribution in [0.2, 0.25) is 0 Å². The second-order valence-corrected chi connectivity index (χ2v) is 12.4. The fraction of sp³-hybridized carbons (Fsp3) is 0.625. The second kappa shape index (κ2) is 14.1. The van der Waals surface area contributed by atoms with Crippen molar-refractivity contribution in [2.75, 3.05) is 13.2 Å². The summed E-state index contributed by atoms with van der Waals surface area (Å²) in [5.74, 6) is -2.82. The van der Waals surface area contributed by atoms with Gasteiger partial charge in [-0.25, -0.2) is 4.79 Å². The van der Waals surface area contributed by atoms with Crippen molar-refractivity contribution in [3.05, 3.63) is 54.3 Å². The zero-order valence-electron chi connectivity index (χ0n) is 26.0. The Balaban J connectivity index is 1.16. The normalized spacial score (nSPS) is 44.8. The monoisotopic (exact) mass is 680 g/mol. The van der Waals surface area contributed by atoms with Crippen LogP contribution in [0.4, 0.5) is 0 Å². The summed E-state index contributed by atoms with van der Waals surface area (Å²) in [4.78, 5) is 24.8. The molecule has 4 fully saturated rings. The molecule has 1 aromatic carbocycles. The van der Waals surface area contributed by atoms with Gasteiger partial charge < -0.3 is 68.5 Å². The maximum Gasteiger partial charge on any atom is 0.331 e. The highest BCUT2D eigenvalue weighted by atomic mass is 16.8. The van der Waals surface area contributed by atoms with Crippen LogP contribution in [0.25, 0.3) is 6.08 Å². The first-order valence-electron chi connectivity index (χ1n) is 15.7. The van der Waals surface area contributed by atoms with Crippen molar-refractivity contribution in [1.29, 1.82) is 0 Å². The number of benzene rings is 1. The maximum absolute atomic E-state index is 12.7. The molecule has 6 N–H and O–H groups in total. The van der Waals surface area contributed by atoms with Gasteiger partial charge in [0.2, 0.25) is 6.29 Å². The molecule has 0 unspecified atom stereocenters. The van der Waals surface area contributed by atoms with Crippen LogP contribution in [0.5, 0.6) is 0 Å². The molecule has 1 saturated carbocycles. The van der Waals surface area contributed by atoms with Gasteiger partial charge in [-0.05, 0) is 24.6 Å². The minimum Gasteiger partial charge on any atom is -0.472 e. The van der Waals surface area contributed by atoms with E-state index >= 15 is 0 Å². The molecule has 4 heterocycles. The van der Waals surface area contributed by atoms with E-state index in [-0.39, 0.29) is 0 Å². The predicted octanol–water partition coefficient (Wildman–Crippen LogP) is -1.90. The number of ether oxygens (including phenoxy) is 8. The predicted molar refractivity (Wildman–Crippen MR) is 157 cm³/mol. The molecule has 0 radical (unpaired) electrons. The average molecular weight is 681 g/mol. The van der Waals surface area contributed by atoms with Crippen LogP contribution in [-0.4, -0.2) is 141 Å². The van der Waals surface area contributed by atoms with Crippen molar-refractivity contribution in [3.8, 4) is 0 Å². The first kappa shape index (κ1) is 34.8. The molecule has 0 bridgehead atoms.